The number of carbonyl (C=O) groups is 2. The number of amides is 1. The Morgan fingerprint density at radius 2 is 1.68 bits per heavy atom. The van der Waals surface area contributed by atoms with Gasteiger partial charge in [-0.25, -0.2) is 0 Å². The SMILES string of the molecule is COc1cccc(OC)c1/C(O)=C1\C(=O)C(=O)N(CCN(C)C)C1c1cn(C)c2ccccc12. The van der Waals surface area contributed by atoms with E-state index in [1.165, 1.54) is 19.1 Å². The Hall–Kier alpha value is -3.78. The minimum atomic E-state index is -0.763. The average Bonchev–Trinajstić information content (AvgIpc) is 3.30. The highest BCUT2D eigenvalue weighted by molar-refractivity contribution is 6.46. The zero-order valence-electron chi connectivity index (χ0n) is 20.0. The maximum absolute atomic E-state index is 13.4. The number of likely N-dealkylation sites (N-methyl/N-ethyl adjacent to an activating group) is 1. The number of ether oxygens (including phenoxy) is 2. The number of ketones is 1. The summed E-state index contributed by atoms with van der Waals surface area (Å²) in [6.07, 6.45) is 1.91. The van der Waals surface area contributed by atoms with E-state index in [4.69, 9.17) is 9.47 Å². The van der Waals surface area contributed by atoms with Crippen molar-refractivity contribution in [3.05, 3.63) is 65.4 Å². The van der Waals surface area contributed by atoms with Crippen LogP contribution < -0.4 is 9.47 Å². The molecule has 0 radical (unpaired) electrons. The van der Waals surface area contributed by atoms with Crippen molar-refractivity contribution in [2.24, 2.45) is 7.05 Å². The molecule has 1 unspecified atom stereocenters. The Morgan fingerprint density at radius 3 is 2.29 bits per heavy atom. The van der Waals surface area contributed by atoms with Crippen LogP contribution in [0.3, 0.4) is 0 Å². The third-order valence-corrected chi connectivity index (χ3v) is 6.22. The molecule has 1 aliphatic rings. The molecule has 1 amide bonds. The van der Waals surface area contributed by atoms with Crippen LogP contribution >= 0.6 is 0 Å². The zero-order valence-corrected chi connectivity index (χ0v) is 20.0. The molecule has 178 valence electrons. The second-order valence-electron chi connectivity index (χ2n) is 8.55. The molecule has 0 bridgehead atoms. The van der Waals surface area contributed by atoms with E-state index >= 15 is 0 Å². The number of Topliss-reactive ketones (excluding diaryl/α,β-unsaturated/α-hetero) is 1. The van der Waals surface area contributed by atoms with Gasteiger partial charge in [0.15, 0.2) is 0 Å². The van der Waals surface area contributed by atoms with Gasteiger partial charge in [-0.15, -0.1) is 0 Å². The van der Waals surface area contributed by atoms with E-state index < -0.39 is 17.7 Å². The van der Waals surface area contributed by atoms with Gasteiger partial charge >= 0.3 is 0 Å². The number of likely N-dealkylation sites (tertiary alicyclic amines) is 1. The molecule has 8 nitrogen and oxygen atoms in total. The number of fused-ring (bicyclic) bond motifs is 1. The van der Waals surface area contributed by atoms with Gasteiger partial charge in [0.25, 0.3) is 11.7 Å². The van der Waals surface area contributed by atoms with E-state index in [0.717, 1.165) is 16.5 Å². The Balaban J connectivity index is 2.00. The number of nitrogens with zero attached hydrogens (tertiary/aromatic N) is 3. The third kappa shape index (κ3) is 3.80. The molecule has 0 spiro atoms. The Bertz CT molecular complexity index is 1270. The number of benzene rings is 2. The fraction of sp³-hybridized carbons (Fsp3) is 0.308. The normalized spacial score (nSPS) is 17.7. The van der Waals surface area contributed by atoms with Crippen molar-refractivity contribution < 1.29 is 24.2 Å². The first-order chi connectivity index (χ1) is 16.3. The van der Waals surface area contributed by atoms with Crippen molar-refractivity contribution in [3.63, 3.8) is 0 Å². The van der Waals surface area contributed by atoms with Crippen molar-refractivity contribution >= 4 is 28.4 Å². The molecule has 2 heterocycles. The molecule has 1 N–H and O–H groups in total. The molecule has 1 atom stereocenters. The highest BCUT2D eigenvalue weighted by atomic mass is 16.5. The highest BCUT2D eigenvalue weighted by Crippen LogP contribution is 2.45. The Kier molecular flexibility index (Phi) is 6.34. The number of aliphatic hydroxyl groups is 1. The van der Waals surface area contributed by atoms with Crippen molar-refractivity contribution in [1.82, 2.24) is 14.4 Å². The summed E-state index contributed by atoms with van der Waals surface area (Å²) in [4.78, 5) is 30.1. The van der Waals surface area contributed by atoms with Gasteiger partial charge in [0.05, 0.1) is 25.8 Å². The molecule has 34 heavy (non-hydrogen) atoms. The van der Waals surface area contributed by atoms with Gasteiger partial charge in [-0.05, 0) is 32.3 Å². The number of carbonyl (C=O) groups excluding carboxylic acids is 2. The molecule has 8 heteroatoms. The molecule has 3 aromatic rings. The van der Waals surface area contributed by atoms with Gasteiger partial charge in [-0.1, -0.05) is 24.3 Å². The molecule has 4 rings (SSSR count). The predicted octanol–water partition coefficient (Wildman–Crippen LogP) is 3.18. The van der Waals surface area contributed by atoms with Crippen LogP contribution in [0.5, 0.6) is 11.5 Å². The van der Waals surface area contributed by atoms with E-state index in [1.807, 2.05) is 61.1 Å². The lowest BCUT2D eigenvalue weighted by molar-refractivity contribution is -0.140. The molecule has 1 fully saturated rings. The van der Waals surface area contributed by atoms with E-state index in [2.05, 4.69) is 0 Å². The summed E-state index contributed by atoms with van der Waals surface area (Å²) in [6, 6.07) is 12.1. The number of rotatable bonds is 7. The molecule has 0 aliphatic carbocycles. The van der Waals surface area contributed by atoms with Crippen LogP contribution in [0.25, 0.3) is 16.7 Å². The Labute approximate surface area is 198 Å². The van der Waals surface area contributed by atoms with Crippen molar-refractivity contribution in [2.75, 3.05) is 41.4 Å². The Morgan fingerprint density at radius 1 is 1.03 bits per heavy atom. The summed E-state index contributed by atoms with van der Waals surface area (Å²) in [7, 11) is 8.68. The molecule has 1 saturated heterocycles. The van der Waals surface area contributed by atoms with Gasteiger partial charge in [0, 0.05) is 42.8 Å². The van der Waals surface area contributed by atoms with Crippen molar-refractivity contribution in [2.45, 2.75) is 6.04 Å². The third-order valence-electron chi connectivity index (χ3n) is 6.22. The lowest BCUT2D eigenvalue weighted by Crippen LogP contribution is -2.35. The van der Waals surface area contributed by atoms with E-state index in [9.17, 15) is 14.7 Å². The summed E-state index contributed by atoms with van der Waals surface area (Å²) < 4.78 is 12.9. The molecule has 1 aromatic heterocycles. The lowest BCUT2D eigenvalue weighted by atomic mass is 9.94. The van der Waals surface area contributed by atoms with Crippen LogP contribution in [-0.2, 0) is 16.6 Å². The second-order valence-corrected chi connectivity index (χ2v) is 8.55. The minimum Gasteiger partial charge on any atom is -0.506 e. The maximum atomic E-state index is 13.4. The number of hydrogen-bond donors (Lipinski definition) is 1. The van der Waals surface area contributed by atoms with Crippen LogP contribution in [0.15, 0.2) is 54.2 Å². The number of aromatic nitrogens is 1. The first-order valence-electron chi connectivity index (χ1n) is 11.0. The van der Waals surface area contributed by atoms with Gasteiger partial charge in [-0.2, -0.15) is 0 Å². The number of hydrogen-bond acceptors (Lipinski definition) is 6. The summed E-state index contributed by atoms with van der Waals surface area (Å²) in [5, 5.41) is 12.4. The average molecular weight is 464 g/mol. The van der Waals surface area contributed by atoms with Gasteiger partial charge in [0.2, 0.25) is 0 Å². The van der Waals surface area contributed by atoms with Crippen molar-refractivity contribution in [1.29, 1.82) is 0 Å². The fourth-order valence-electron chi connectivity index (χ4n) is 4.55. The van der Waals surface area contributed by atoms with Crippen LogP contribution in [0.2, 0.25) is 0 Å². The van der Waals surface area contributed by atoms with Gasteiger partial charge < -0.3 is 28.9 Å². The predicted molar refractivity (Wildman–Crippen MR) is 130 cm³/mol. The molecule has 0 saturated carbocycles. The van der Waals surface area contributed by atoms with Crippen LogP contribution in [-0.4, -0.2) is 72.6 Å². The molecule has 1 aliphatic heterocycles. The van der Waals surface area contributed by atoms with Gasteiger partial charge in [0.1, 0.15) is 22.8 Å². The van der Waals surface area contributed by atoms with Crippen LogP contribution in [0, 0.1) is 0 Å². The van der Waals surface area contributed by atoms with E-state index in [0.29, 0.717) is 24.6 Å². The van der Waals surface area contributed by atoms with E-state index in [-0.39, 0.29) is 16.9 Å². The monoisotopic (exact) mass is 463 g/mol. The topological polar surface area (TPSA) is 84.2 Å². The summed E-state index contributed by atoms with van der Waals surface area (Å²) in [6.45, 7) is 0.887. The molecular formula is C26H29N3O5. The van der Waals surface area contributed by atoms with Crippen LogP contribution in [0.1, 0.15) is 17.2 Å². The number of methoxy groups -OCH3 is 2. The standard InChI is InChI=1S/C26H29N3O5/c1-27(2)13-14-29-23(17-15-28(3)18-10-7-6-9-16(17)18)22(25(31)26(29)32)24(30)21-19(33-4)11-8-12-20(21)34-5/h6-12,15,23,30H,13-14H2,1-5H3/b24-22+. The van der Waals surface area contributed by atoms with Crippen molar-refractivity contribution in [3.8, 4) is 11.5 Å². The first kappa shape index (κ1) is 23.4. The number of para-hydroxylation sites is 1. The number of aryl methyl sites for hydroxylation is 1. The largest absolute Gasteiger partial charge is 0.506 e. The van der Waals surface area contributed by atoms with Crippen LogP contribution in [0.4, 0.5) is 0 Å². The summed E-state index contributed by atoms with van der Waals surface area (Å²) >= 11 is 0. The maximum Gasteiger partial charge on any atom is 0.295 e. The lowest BCUT2D eigenvalue weighted by Gasteiger charge is -2.26. The minimum absolute atomic E-state index is 0.0166. The first-order valence-corrected chi connectivity index (χ1v) is 11.0. The fourth-order valence-corrected chi connectivity index (χ4v) is 4.55. The summed E-state index contributed by atoms with van der Waals surface area (Å²) in [5.41, 5.74) is 1.99. The van der Waals surface area contributed by atoms with E-state index in [1.54, 1.807) is 18.2 Å². The zero-order chi connectivity index (χ0) is 24.6. The summed E-state index contributed by atoms with van der Waals surface area (Å²) in [5.74, 6) is -1.02. The molecule has 2 aromatic carbocycles. The smallest absolute Gasteiger partial charge is 0.295 e. The quantitative estimate of drug-likeness (QED) is 0.329. The second kappa shape index (κ2) is 9.23. The highest BCUT2D eigenvalue weighted by Gasteiger charge is 2.47. The number of aliphatic hydroxyl groups excluding tert-OH is 1. The molecular weight excluding hydrogens is 434 g/mol. The van der Waals surface area contributed by atoms with Gasteiger partial charge in [-0.3, -0.25) is 9.59 Å².